The minimum Gasteiger partial charge on any atom is -0.477 e. The summed E-state index contributed by atoms with van der Waals surface area (Å²) in [6, 6.07) is 7.23. The highest BCUT2D eigenvalue weighted by Crippen LogP contribution is 2.38. The zero-order chi connectivity index (χ0) is 14.9. The van der Waals surface area contributed by atoms with Crippen LogP contribution < -0.4 is 5.73 Å². The van der Waals surface area contributed by atoms with Crippen LogP contribution in [0.5, 0.6) is 0 Å². The Labute approximate surface area is 111 Å². The summed E-state index contributed by atoms with van der Waals surface area (Å²) in [5.41, 5.74) is 4.30. The number of hydrogen-bond acceptors (Lipinski definition) is 3. The fraction of sp³-hybridized carbons (Fsp3) is 0.0769. The molecule has 0 unspecified atom stereocenters. The summed E-state index contributed by atoms with van der Waals surface area (Å²) in [7, 11) is 0. The van der Waals surface area contributed by atoms with Gasteiger partial charge in [0, 0.05) is 5.56 Å². The van der Waals surface area contributed by atoms with Crippen molar-refractivity contribution in [3.8, 4) is 11.1 Å². The third-order valence-corrected chi connectivity index (χ3v) is 2.67. The van der Waals surface area contributed by atoms with Gasteiger partial charge in [0.2, 0.25) is 0 Å². The largest absolute Gasteiger partial charge is 0.477 e. The highest BCUT2D eigenvalue weighted by Gasteiger charge is 2.33. The third kappa shape index (κ3) is 2.56. The maximum absolute atomic E-state index is 12.9. The molecule has 0 bridgehead atoms. The summed E-state index contributed by atoms with van der Waals surface area (Å²) >= 11 is 0. The van der Waals surface area contributed by atoms with Crippen LogP contribution in [0.2, 0.25) is 0 Å². The molecule has 3 N–H and O–H groups in total. The average molecular weight is 282 g/mol. The van der Waals surface area contributed by atoms with E-state index >= 15 is 0 Å². The number of carbonyl (C=O) groups is 1. The van der Waals surface area contributed by atoms with Gasteiger partial charge in [-0.2, -0.15) is 13.2 Å². The summed E-state index contributed by atoms with van der Waals surface area (Å²) in [4.78, 5) is 14.3. The van der Waals surface area contributed by atoms with E-state index in [4.69, 9.17) is 10.8 Å². The van der Waals surface area contributed by atoms with Crippen LogP contribution in [0.3, 0.4) is 0 Å². The first kappa shape index (κ1) is 13.9. The minimum atomic E-state index is -4.53. The lowest BCUT2D eigenvalue weighted by atomic mass is 9.99. The molecule has 0 atom stereocenters. The number of aromatic nitrogens is 1. The van der Waals surface area contributed by atoms with Gasteiger partial charge in [0.15, 0.2) is 5.69 Å². The van der Waals surface area contributed by atoms with Crippen molar-refractivity contribution in [1.82, 2.24) is 4.98 Å². The third-order valence-electron chi connectivity index (χ3n) is 2.67. The Bertz CT molecular complexity index is 669. The van der Waals surface area contributed by atoms with Crippen molar-refractivity contribution in [2.45, 2.75) is 6.18 Å². The van der Waals surface area contributed by atoms with Crippen LogP contribution in [-0.2, 0) is 6.18 Å². The molecular formula is C13H9F3N2O2. The number of nitrogens with two attached hydrogens (primary N) is 1. The minimum absolute atomic E-state index is 0.0444. The number of anilines is 1. The van der Waals surface area contributed by atoms with Crippen LogP contribution in [0.4, 0.5) is 19.0 Å². The van der Waals surface area contributed by atoms with Gasteiger partial charge in [-0.25, -0.2) is 9.78 Å². The number of nitrogen functional groups attached to an aromatic ring is 1. The Hall–Kier alpha value is -2.57. The second-order valence-electron chi connectivity index (χ2n) is 3.98. The zero-order valence-electron chi connectivity index (χ0n) is 9.98. The smallest absolute Gasteiger partial charge is 0.417 e. The van der Waals surface area contributed by atoms with E-state index in [1.165, 1.54) is 24.3 Å². The number of alkyl halides is 3. The molecule has 1 heterocycles. The van der Waals surface area contributed by atoms with E-state index in [2.05, 4.69) is 4.98 Å². The average Bonchev–Trinajstić information content (AvgIpc) is 2.37. The molecule has 0 radical (unpaired) electrons. The predicted molar refractivity (Wildman–Crippen MR) is 66.0 cm³/mol. The fourth-order valence-electron chi connectivity index (χ4n) is 1.79. The number of hydrogen-bond donors (Lipinski definition) is 2. The molecule has 2 rings (SSSR count). The molecule has 1 aromatic heterocycles. The number of aromatic carboxylic acids is 1. The number of carboxylic acid groups (broad SMARTS) is 1. The van der Waals surface area contributed by atoms with Gasteiger partial charge < -0.3 is 10.8 Å². The summed E-state index contributed by atoms with van der Waals surface area (Å²) in [6.45, 7) is 0. The van der Waals surface area contributed by atoms with Gasteiger partial charge in [-0.05, 0) is 23.8 Å². The van der Waals surface area contributed by atoms with E-state index in [1.807, 2.05) is 0 Å². The zero-order valence-corrected chi connectivity index (χ0v) is 9.98. The maximum atomic E-state index is 12.9. The first-order chi connectivity index (χ1) is 9.30. The SMILES string of the molecule is Nc1nc(C(=O)O)ccc1-c1ccccc1C(F)(F)F. The number of pyridine rings is 1. The van der Waals surface area contributed by atoms with Gasteiger partial charge in [-0.15, -0.1) is 0 Å². The first-order valence-corrected chi connectivity index (χ1v) is 5.47. The predicted octanol–water partition coefficient (Wildman–Crippen LogP) is 3.05. The molecule has 0 spiro atoms. The monoisotopic (exact) mass is 282 g/mol. The number of rotatable bonds is 2. The number of halogens is 3. The van der Waals surface area contributed by atoms with E-state index in [1.54, 1.807) is 0 Å². The second-order valence-corrected chi connectivity index (χ2v) is 3.98. The van der Waals surface area contributed by atoms with Crippen molar-refractivity contribution < 1.29 is 23.1 Å². The van der Waals surface area contributed by atoms with Crippen LogP contribution >= 0.6 is 0 Å². The molecule has 0 aliphatic rings. The van der Waals surface area contributed by atoms with Crippen molar-refractivity contribution in [3.05, 3.63) is 47.7 Å². The van der Waals surface area contributed by atoms with Gasteiger partial charge in [0.05, 0.1) is 5.56 Å². The second kappa shape index (κ2) is 4.84. The Kier molecular flexibility index (Phi) is 3.35. The summed E-state index contributed by atoms with van der Waals surface area (Å²) in [6.07, 6.45) is -4.53. The van der Waals surface area contributed by atoms with E-state index in [9.17, 15) is 18.0 Å². The molecule has 0 fully saturated rings. The van der Waals surface area contributed by atoms with Crippen molar-refractivity contribution in [2.75, 3.05) is 5.73 Å². The molecule has 104 valence electrons. The molecular weight excluding hydrogens is 273 g/mol. The lowest BCUT2D eigenvalue weighted by Gasteiger charge is -2.14. The number of benzene rings is 1. The number of nitrogens with zero attached hydrogens (tertiary/aromatic N) is 1. The first-order valence-electron chi connectivity index (χ1n) is 5.47. The molecule has 0 saturated heterocycles. The molecule has 2 aromatic rings. The lowest BCUT2D eigenvalue weighted by molar-refractivity contribution is -0.137. The topological polar surface area (TPSA) is 76.2 Å². The Morgan fingerprint density at radius 3 is 2.30 bits per heavy atom. The fourth-order valence-corrected chi connectivity index (χ4v) is 1.79. The number of carboxylic acids is 1. The summed E-state index contributed by atoms with van der Waals surface area (Å²) in [5.74, 6) is -1.56. The van der Waals surface area contributed by atoms with Crippen LogP contribution in [0.15, 0.2) is 36.4 Å². The standard InChI is InChI=1S/C13H9F3N2O2/c14-13(15,16)9-4-2-1-3-7(9)8-5-6-10(12(19)20)18-11(8)17/h1-6H,(H2,17,18)(H,19,20). The summed E-state index contributed by atoms with van der Waals surface area (Å²) in [5, 5.41) is 8.76. The van der Waals surface area contributed by atoms with E-state index in [0.717, 1.165) is 12.1 Å². The van der Waals surface area contributed by atoms with Crippen LogP contribution in [-0.4, -0.2) is 16.1 Å². The van der Waals surface area contributed by atoms with E-state index in [-0.39, 0.29) is 22.6 Å². The van der Waals surface area contributed by atoms with E-state index in [0.29, 0.717) is 0 Å². The van der Waals surface area contributed by atoms with Crippen molar-refractivity contribution in [1.29, 1.82) is 0 Å². The van der Waals surface area contributed by atoms with Gasteiger partial charge in [-0.3, -0.25) is 0 Å². The van der Waals surface area contributed by atoms with Crippen molar-refractivity contribution in [3.63, 3.8) is 0 Å². The Morgan fingerprint density at radius 2 is 1.75 bits per heavy atom. The van der Waals surface area contributed by atoms with Gasteiger partial charge in [-0.1, -0.05) is 18.2 Å². The van der Waals surface area contributed by atoms with Gasteiger partial charge in [0.1, 0.15) is 5.82 Å². The van der Waals surface area contributed by atoms with Gasteiger partial charge >= 0.3 is 12.1 Å². The molecule has 0 aliphatic heterocycles. The van der Waals surface area contributed by atoms with E-state index < -0.39 is 17.7 Å². The maximum Gasteiger partial charge on any atom is 0.417 e. The molecule has 0 saturated carbocycles. The molecule has 7 heteroatoms. The Morgan fingerprint density at radius 1 is 1.10 bits per heavy atom. The molecule has 20 heavy (non-hydrogen) atoms. The molecule has 0 aliphatic carbocycles. The highest BCUT2D eigenvalue weighted by molar-refractivity contribution is 5.88. The van der Waals surface area contributed by atoms with Crippen molar-refractivity contribution >= 4 is 11.8 Å². The van der Waals surface area contributed by atoms with Gasteiger partial charge in [0.25, 0.3) is 0 Å². The van der Waals surface area contributed by atoms with Crippen LogP contribution in [0, 0.1) is 0 Å². The quantitative estimate of drug-likeness (QED) is 0.887. The van der Waals surface area contributed by atoms with Crippen LogP contribution in [0.1, 0.15) is 16.1 Å². The molecule has 4 nitrogen and oxygen atoms in total. The normalized spacial score (nSPS) is 11.3. The Balaban J connectivity index is 2.61. The molecule has 1 aromatic carbocycles. The lowest BCUT2D eigenvalue weighted by Crippen LogP contribution is -2.09. The van der Waals surface area contributed by atoms with Crippen molar-refractivity contribution in [2.24, 2.45) is 0 Å². The van der Waals surface area contributed by atoms with Crippen LogP contribution in [0.25, 0.3) is 11.1 Å². The molecule has 0 amide bonds. The summed E-state index contributed by atoms with van der Waals surface area (Å²) < 4.78 is 38.8. The highest BCUT2D eigenvalue weighted by atomic mass is 19.4.